The van der Waals surface area contributed by atoms with Gasteiger partial charge >= 0.3 is 0 Å². The number of carbonyl (C=O) groups excluding carboxylic acids is 4. The van der Waals surface area contributed by atoms with Gasteiger partial charge in [-0.3, -0.25) is 29.0 Å². The van der Waals surface area contributed by atoms with Gasteiger partial charge in [-0.15, -0.1) is 0 Å². The van der Waals surface area contributed by atoms with Crippen molar-refractivity contribution in [1.82, 2.24) is 9.97 Å². The summed E-state index contributed by atoms with van der Waals surface area (Å²) in [5.41, 5.74) is 9.48. The zero-order valence-corrected chi connectivity index (χ0v) is 21.6. The van der Waals surface area contributed by atoms with E-state index in [4.69, 9.17) is 20.1 Å². The number of anilines is 2. The maximum absolute atomic E-state index is 12.0. The highest BCUT2D eigenvalue weighted by atomic mass is 16.5. The number of pyridine rings is 2. The van der Waals surface area contributed by atoms with E-state index in [2.05, 4.69) is 20.0 Å². The van der Waals surface area contributed by atoms with Crippen LogP contribution in [0.2, 0.25) is 0 Å². The zero-order chi connectivity index (χ0) is 28.2. The number of Topliss-reactive ketones (excluding diaryl/α,β-unsaturated/α-hetero) is 2. The number of nitrogens with zero attached hydrogens (tertiary/aromatic N) is 7. The predicted molar refractivity (Wildman–Crippen MR) is 139 cm³/mol. The largest absolute Gasteiger partial charge is 0.484 e. The lowest BCUT2D eigenvalue weighted by Crippen LogP contribution is -2.27. The fraction of sp³-hybridized carbons (Fsp3) is 0.462. The standard InChI is InChI=1S/C13H13N5O3.C13H14N2O4/c14-17-15-5-8-3-13(20)18(6-8)12-2-1-11-10(16-12)4-9(19)7-21-11;16-6-8-3-13(18)15(5-8)12-2-1-11-10(14-12)4-9(17)7-19-11/h1-2,8H,3-7H2;1-2,8,16H,3-7H2/t2*8-/m01/s1. The molecule has 0 spiro atoms. The van der Waals surface area contributed by atoms with Crippen molar-refractivity contribution >= 4 is 35.0 Å². The van der Waals surface area contributed by atoms with Gasteiger partial charge in [0.05, 0.1) is 24.2 Å². The van der Waals surface area contributed by atoms with Crippen molar-refractivity contribution in [3.05, 3.63) is 46.1 Å². The second kappa shape index (κ2) is 11.7. The van der Waals surface area contributed by atoms with Gasteiger partial charge in [0.15, 0.2) is 11.6 Å². The molecule has 14 nitrogen and oxygen atoms in total. The Morgan fingerprint density at radius 2 is 1.35 bits per heavy atom. The van der Waals surface area contributed by atoms with E-state index in [1.807, 2.05) is 0 Å². The van der Waals surface area contributed by atoms with E-state index in [1.165, 1.54) is 0 Å². The van der Waals surface area contributed by atoms with Crippen LogP contribution in [0.15, 0.2) is 29.4 Å². The minimum atomic E-state index is -0.0522. The Bertz CT molecular complexity index is 1410. The predicted octanol–water partition coefficient (Wildman–Crippen LogP) is 1.18. The van der Waals surface area contributed by atoms with E-state index < -0.39 is 0 Å². The fourth-order valence-electron chi connectivity index (χ4n) is 4.97. The van der Waals surface area contributed by atoms with E-state index in [9.17, 15) is 19.2 Å². The number of hydrogen-bond acceptors (Lipinski definition) is 10. The highest BCUT2D eigenvalue weighted by molar-refractivity contribution is 5.96. The molecule has 1 N–H and O–H groups in total. The second-order valence-corrected chi connectivity index (χ2v) is 9.98. The van der Waals surface area contributed by atoms with Gasteiger partial charge in [0.1, 0.15) is 36.3 Å². The summed E-state index contributed by atoms with van der Waals surface area (Å²) in [7, 11) is 0. The van der Waals surface area contributed by atoms with Gasteiger partial charge in [-0.05, 0) is 35.7 Å². The summed E-state index contributed by atoms with van der Waals surface area (Å²) >= 11 is 0. The molecule has 2 aromatic rings. The topological polar surface area (TPSA) is 188 Å². The highest BCUT2D eigenvalue weighted by Crippen LogP contribution is 2.30. The molecule has 2 aromatic heterocycles. The normalized spacial score (nSPS) is 21.5. The smallest absolute Gasteiger partial charge is 0.228 e. The minimum absolute atomic E-state index is 0.00381. The third kappa shape index (κ3) is 5.87. The first-order valence-electron chi connectivity index (χ1n) is 12.9. The summed E-state index contributed by atoms with van der Waals surface area (Å²) in [5, 5.41) is 12.6. The molecule has 40 heavy (non-hydrogen) atoms. The quantitative estimate of drug-likeness (QED) is 0.324. The molecule has 0 saturated carbocycles. The summed E-state index contributed by atoms with van der Waals surface area (Å²) in [5.74, 6) is 2.06. The van der Waals surface area contributed by atoms with Crippen molar-refractivity contribution < 1.29 is 33.8 Å². The Balaban J connectivity index is 0.000000162. The molecule has 4 aliphatic heterocycles. The molecule has 0 radical (unpaired) electrons. The van der Waals surface area contributed by atoms with E-state index in [0.717, 1.165) is 0 Å². The molecule has 6 rings (SSSR count). The van der Waals surface area contributed by atoms with E-state index in [-0.39, 0.29) is 67.9 Å². The Morgan fingerprint density at radius 1 is 0.850 bits per heavy atom. The van der Waals surface area contributed by atoms with Gasteiger partial charge in [0.2, 0.25) is 11.8 Å². The Kier molecular flexibility index (Phi) is 7.89. The number of fused-ring (bicyclic) bond motifs is 2. The minimum Gasteiger partial charge on any atom is -0.484 e. The maximum atomic E-state index is 12.0. The Morgan fingerprint density at radius 3 is 1.82 bits per heavy atom. The van der Waals surface area contributed by atoms with E-state index >= 15 is 0 Å². The molecule has 4 aliphatic rings. The molecule has 0 bridgehead atoms. The number of carbonyl (C=O) groups is 4. The van der Waals surface area contributed by atoms with Crippen molar-refractivity contribution in [2.45, 2.75) is 25.7 Å². The number of ketones is 2. The third-order valence-corrected chi connectivity index (χ3v) is 6.97. The van der Waals surface area contributed by atoms with Gasteiger partial charge < -0.3 is 14.6 Å². The number of aliphatic hydroxyl groups is 1. The van der Waals surface area contributed by atoms with Crippen LogP contribution in [0.1, 0.15) is 24.2 Å². The van der Waals surface area contributed by atoms with Crippen LogP contribution in [0, 0.1) is 11.8 Å². The number of ether oxygens (including phenoxy) is 2. The monoisotopic (exact) mass is 549 g/mol. The van der Waals surface area contributed by atoms with E-state index in [1.54, 1.807) is 34.1 Å². The third-order valence-electron chi connectivity index (χ3n) is 6.97. The number of aliphatic hydroxyl groups excluding tert-OH is 1. The van der Waals surface area contributed by atoms with Crippen LogP contribution in [0.25, 0.3) is 10.4 Å². The fourth-order valence-corrected chi connectivity index (χ4v) is 4.97. The molecule has 0 unspecified atom stereocenters. The van der Waals surface area contributed by atoms with Crippen LogP contribution in [0.3, 0.4) is 0 Å². The van der Waals surface area contributed by atoms with Gasteiger partial charge in [-0.2, -0.15) is 0 Å². The summed E-state index contributed by atoms with van der Waals surface area (Å²) in [4.78, 5) is 61.2. The zero-order valence-electron chi connectivity index (χ0n) is 21.6. The average molecular weight is 550 g/mol. The highest BCUT2D eigenvalue weighted by Gasteiger charge is 2.33. The van der Waals surface area contributed by atoms with Crippen LogP contribution >= 0.6 is 0 Å². The van der Waals surface area contributed by atoms with Crippen molar-refractivity contribution in [2.24, 2.45) is 17.0 Å². The number of rotatable bonds is 5. The van der Waals surface area contributed by atoms with Gasteiger partial charge in [0, 0.05) is 49.9 Å². The molecule has 2 atom stereocenters. The SMILES string of the molecule is O=C1COc2ccc(N3C[C@H](CO)CC3=O)nc2C1.[N-]=[N+]=NC[C@@H]1CC(=O)N(c2ccc3c(n2)CC(=O)CO3)C1. The number of aromatic nitrogens is 2. The van der Waals surface area contributed by atoms with Crippen molar-refractivity contribution in [1.29, 1.82) is 0 Å². The summed E-state index contributed by atoms with van der Waals surface area (Å²) in [6, 6.07) is 6.90. The number of azide groups is 1. The molecule has 2 amide bonds. The molecule has 0 aliphatic carbocycles. The number of hydrogen-bond donors (Lipinski definition) is 1. The molecule has 2 fully saturated rings. The lowest BCUT2D eigenvalue weighted by atomic mass is 10.1. The van der Waals surface area contributed by atoms with Gasteiger partial charge in [0.25, 0.3) is 0 Å². The molecule has 208 valence electrons. The van der Waals surface area contributed by atoms with Gasteiger partial charge in [-0.1, -0.05) is 5.11 Å². The lowest BCUT2D eigenvalue weighted by Gasteiger charge is -2.20. The first-order valence-corrected chi connectivity index (χ1v) is 12.9. The van der Waals surface area contributed by atoms with Crippen LogP contribution in [0.4, 0.5) is 11.6 Å². The molecule has 6 heterocycles. The lowest BCUT2D eigenvalue weighted by molar-refractivity contribution is -0.122. The van der Waals surface area contributed by atoms with Crippen molar-refractivity contribution in [3.8, 4) is 11.5 Å². The maximum Gasteiger partial charge on any atom is 0.228 e. The van der Waals surface area contributed by atoms with E-state index in [0.29, 0.717) is 67.0 Å². The van der Waals surface area contributed by atoms with Gasteiger partial charge in [-0.25, -0.2) is 9.97 Å². The molecular formula is C26H27N7O7. The first kappa shape index (κ1) is 27.0. The molecule has 14 heteroatoms. The second-order valence-electron chi connectivity index (χ2n) is 9.98. The van der Waals surface area contributed by atoms with Crippen LogP contribution in [-0.2, 0) is 32.0 Å². The summed E-state index contributed by atoms with van der Waals surface area (Å²) in [6.07, 6.45) is 1.15. The average Bonchev–Trinajstić information content (AvgIpc) is 3.52. The molecular weight excluding hydrogens is 522 g/mol. The summed E-state index contributed by atoms with van der Waals surface area (Å²) in [6.45, 7) is 1.39. The van der Waals surface area contributed by atoms with Crippen molar-refractivity contribution in [2.75, 3.05) is 49.3 Å². The Labute approximate surface area is 228 Å². The van der Waals surface area contributed by atoms with Crippen molar-refractivity contribution in [3.63, 3.8) is 0 Å². The molecule has 2 saturated heterocycles. The number of amides is 2. The van der Waals surface area contributed by atoms with Crippen LogP contribution < -0.4 is 19.3 Å². The Hall–Kier alpha value is -4.55. The first-order chi connectivity index (χ1) is 19.3. The summed E-state index contributed by atoms with van der Waals surface area (Å²) < 4.78 is 10.6. The van der Waals surface area contributed by atoms with Crippen LogP contribution in [0.5, 0.6) is 11.5 Å². The molecule has 0 aromatic carbocycles. The van der Waals surface area contributed by atoms with Crippen LogP contribution in [-0.4, -0.2) is 77.9 Å².